The van der Waals surface area contributed by atoms with Gasteiger partial charge in [0.2, 0.25) is 10.0 Å². The number of nitro benzene ring substituents is 1. The Morgan fingerprint density at radius 1 is 1.25 bits per heavy atom. The maximum atomic E-state index is 12.7. The number of carbonyl (C=O) groups is 1. The van der Waals surface area contributed by atoms with Gasteiger partial charge in [-0.1, -0.05) is 11.6 Å². The number of nitro groups is 1. The lowest BCUT2D eigenvalue weighted by molar-refractivity contribution is -0.384. The van der Waals surface area contributed by atoms with Crippen LogP contribution in [-0.4, -0.2) is 43.5 Å². The lowest BCUT2D eigenvalue weighted by Crippen LogP contribution is -2.27. The van der Waals surface area contributed by atoms with Crippen LogP contribution in [0.25, 0.3) is 0 Å². The number of benzene rings is 2. The molecule has 0 N–H and O–H groups in total. The predicted molar refractivity (Wildman–Crippen MR) is 106 cm³/mol. The summed E-state index contributed by atoms with van der Waals surface area (Å²) in [7, 11) is -1.71. The zero-order valence-corrected chi connectivity index (χ0v) is 16.6. The van der Waals surface area contributed by atoms with Gasteiger partial charge in [0, 0.05) is 42.9 Å². The van der Waals surface area contributed by atoms with Crippen molar-refractivity contribution in [3.05, 3.63) is 68.7 Å². The summed E-state index contributed by atoms with van der Waals surface area (Å²) in [5.74, 6) is -0.182. The molecule has 0 bridgehead atoms. The molecule has 1 saturated heterocycles. The Morgan fingerprint density at radius 3 is 2.50 bits per heavy atom. The van der Waals surface area contributed by atoms with E-state index in [2.05, 4.69) is 0 Å². The molecule has 3 rings (SSSR count). The van der Waals surface area contributed by atoms with Crippen molar-refractivity contribution in [3.8, 4) is 0 Å². The Balaban J connectivity index is 1.75. The number of halogens is 1. The fourth-order valence-electron chi connectivity index (χ4n) is 3.04. The number of rotatable bonds is 5. The van der Waals surface area contributed by atoms with Crippen LogP contribution < -0.4 is 4.31 Å². The van der Waals surface area contributed by atoms with Gasteiger partial charge in [0.25, 0.3) is 11.6 Å². The van der Waals surface area contributed by atoms with E-state index in [1.807, 2.05) is 0 Å². The van der Waals surface area contributed by atoms with Crippen LogP contribution in [0.15, 0.2) is 42.5 Å². The normalized spacial score (nSPS) is 15.4. The zero-order chi connectivity index (χ0) is 20.5. The average molecular weight is 424 g/mol. The van der Waals surface area contributed by atoms with Crippen LogP contribution in [0.3, 0.4) is 0 Å². The molecule has 1 amide bonds. The topological polar surface area (TPSA) is 101 Å². The summed E-state index contributed by atoms with van der Waals surface area (Å²) in [6, 6.07) is 10.4. The molecule has 10 heteroatoms. The lowest BCUT2D eigenvalue weighted by Gasteiger charge is -2.20. The first-order valence-electron chi connectivity index (χ1n) is 8.48. The molecular formula is C18H18ClN3O5S. The van der Waals surface area contributed by atoms with Crippen molar-refractivity contribution in [3.63, 3.8) is 0 Å². The van der Waals surface area contributed by atoms with Crippen molar-refractivity contribution in [2.45, 2.75) is 13.0 Å². The maximum Gasteiger partial charge on any atom is 0.269 e. The summed E-state index contributed by atoms with van der Waals surface area (Å²) in [5.41, 5.74) is 1.27. The third kappa shape index (κ3) is 4.10. The molecule has 2 aromatic rings. The average Bonchev–Trinajstić information content (AvgIpc) is 3.01. The first kappa shape index (κ1) is 20.1. The van der Waals surface area contributed by atoms with Crippen molar-refractivity contribution < 1.29 is 18.1 Å². The van der Waals surface area contributed by atoms with Crippen molar-refractivity contribution in [2.75, 3.05) is 23.7 Å². The highest BCUT2D eigenvalue weighted by Crippen LogP contribution is 2.26. The van der Waals surface area contributed by atoms with Crippen LogP contribution in [0, 0.1) is 10.1 Å². The van der Waals surface area contributed by atoms with Crippen LogP contribution in [0.5, 0.6) is 0 Å². The van der Waals surface area contributed by atoms with Crippen LogP contribution in [0.1, 0.15) is 22.3 Å². The van der Waals surface area contributed by atoms with Crippen LogP contribution in [0.4, 0.5) is 11.4 Å². The third-order valence-corrected chi connectivity index (χ3v) is 6.73. The molecule has 2 aromatic carbocycles. The first-order chi connectivity index (χ1) is 13.2. The summed E-state index contributed by atoms with van der Waals surface area (Å²) in [4.78, 5) is 24.5. The molecule has 148 valence electrons. The van der Waals surface area contributed by atoms with E-state index in [4.69, 9.17) is 11.6 Å². The summed E-state index contributed by atoms with van der Waals surface area (Å²) >= 11 is 6.09. The predicted octanol–water partition coefficient (Wildman–Crippen LogP) is 3.06. The van der Waals surface area contributed by atoms with Gasteiger partial charge in [-0.05, 0) is 42.3 Å². The molecule has 0 unspecified atom stereocenters. The molecule has 0 atom stereocenters. The van der Waals surface area contributed by atoms with Crippen LogP contribution >= 0.6 is 11.6 Å². The summed E-state index contributed by atoms with van der Waals surface area (Å²) in [6.07, 6.45) is 0.579. The van der Waals surface area contributed by atoms with E-state index in [1.54, 1.807) is 31.3 Å². The fourth-order valence-corrected chi connectivity index (χ4v) is 4.79. The molecular weight excluding hydrogens is 406 g/mol. The molecule has 1 fully saturated rings. The molecule has 0 saturated carbocycles. The molecule has 1 aliphatic heterocycles. The van der Waals surface area contributed by atoms with Crippen LogP contribution in [-0.2, 0) is 16.6 Å². The van der Waals surface area contributed by atoms with E-state index in [1.165, 1.54) is 27.4 Å². The molecule has 1 heterocycles. The standard InChI is InChI=1S/C18H18ClN3O5S/c1-20(12-14-11-16(22(24)25)7-8-17(14)19)18(23)13-3-5-15(6-4-13)21-9-2-10-28(21,26)27/h3-8,11H,2,9-10,12H2,1H3. The zero-order valence-electron chi connectivity index (χ0n) is 15.0. The largest absolute Gasteiger partial charge is 0.337 e. The van der Waals surface area contributed by atoms with E-state index >= 15 is 0 Å². The summed E-state index contributed by atoms with van der Waals surface area (Å²) in [6.45, 7) is 0.530. The highest BCUT2D eigenvalue weighted by atomic mass is 35.5. The minimum atomic E-state index is -3.28. The Morgan fingerprint density at radius 2 is 1.93 bits per heavy atom. The number of hydrogen-bond acceptors (Lipinski definition) is 5. The van der Waals surface area contributed by atoms with Crippen molar-refractivity contribution in [1.29, 1.82) is 0 Å². The minimum absolute atomic E-state index is 0.0988. The monoisotopic (exact) mass is 423 g/mol. The first-order valence-corrected chi connectivity index (χ1v) is 10.5. The van der Waals surface area contributed by atoms with E-state index in [0.717, 1.165) is 0 Å². The third-order valence-electron chi connectivity index (χ3n) is 4.50. The van der Waals surface area contributed by atoms with Gasteiger partial charge in [0.1, 0.15) is 0 Å². The minimum Gasteiger partial charge on any atom is -0.337 e. The Bertz CT molecular complexity index is 1020. The second-order valence-corrected chi connectivity index (χ2v) is 8.90. The Kier molecular flexibility index (Phi) is 5.57. The van der Waals surface area contributed by atoms with E-state index in [0.29, 0.717) is 34.8 Å². The number of non-ortho nitro benzene ring substituents is 1. The number of sulfonamides is 1. The molecule has 0 aliphatic carbocycles. The fraction of sp³-hybridized carbons (Fsp3) is 0.278. The number of amides is 1. The SMILES string of the molecule is CN(Cc1cc([N+](=O)[O-])ccc1Cl)C(=O)c1ccc(N2CCCS2(=O)=O)cc1. The number of hydrogen-bond donors (Lipinski definition) is 0. The molecule has 1 aliphatic rings. The van der Waals surface area contributed by atoms with Crippen molar-refractivity contribution in [2.24, 2.45) is 0 Å². The van der Waals surface area contributed by atoms with E-state index < -0.39 is 14.9 Å². The highest BCUT2D eigenvalue weighted by Gasteiger charge is 2.28. The number of carbonyl (C=O) groups excluding carboxylic acids is 1. The van der Waals surface area contributed by atoms with Gasteiger partial charge in [-0.2, -0.15) is 0 Å². The number of anilines is 1. The maximum absolute atomic E-state index is 12.7. The lowest BCUT2D eigenvalue weighted by atomic mass is 10.1. The van der Waals surface area contributed by atoms with E-state index in [-0.39, 0.29) is 23.9 Å². The molecule has 0 aromatic heterocycles. The van der Waals surface area contributed by atoms with Gasteiger partial charge in [0.15, 0.2) is 0 Å². The summed E-state index contributed by atoms with van der Waals surface area (Å²) < 4.78 is 25.3. The second kappa shape index (κ2) is 7.76. The quantitative estimate of drug-likeness (QED) is 0.543. The van der Waals surface area contributed by atoms with Crippen molar-refractivity contribution in [1.82, 2.24) is 4.90 Å². The molecule has 0 spiro atoms. The van der Waals surface area contributed by atoms with Crippen molar-refractivity contribution >= 4 is 38.9 Å². The van der Waals surface area contributed by atoms with E-state index in [9.17, 15) is 23.3 Å². The van der Waals surface area contributed by atoms with Gasteiger partial charge < -0.3 is 4.90 Å². The Labute approximate surface area is 167 Å². The van der Waals surface area contributed by atoms with Gasteiger partial charge >= 0.3 is 0 Å². The van der Waals surface area contributed by atoms with Crippen LogP contribution in [0.2, 0.25) is 5.02 Å². The van der Waals surface area contributed by atoms with Gasteiger partial charge in [-0.3, -0.25) is 19.2 Å². The summed E-state index contributed by atoms with van der Waals surface area (Å²) in [5, 5.41) is 11.3. The molecule has 8 nitrogen and oxygen atoms in total. The Hall–Kier alpha value is -2.65. The molecule has 0 radical (unpaired) electrons. The number of nitrogens with zero attached hydrogens (tertiary/aromatic N) is 3. The van der Waals surface area contributed by atoms with Gasteiger partial charge in [0.05, 0.1) is 16.4 Å². The highest BCUT2D eigenvalue weighted by molar-refractivity contribution is 7.93. The van der Waals surface area contributed by atoms with Gasteiger partial charge in [-0.15, -0.1) is 0 Å². The smallest absolute Gasteiger partial charge is 0.269 e. The molecule has 28 heavy (non-hydrogen) atoms. The second-order valence-electron chi connectivity index (χ2n) is 6.48. The van der Waals surface area contributed by atoms with Gasteiger partial charge in [-0.25, -0.2) is 8.42 Å².